The molecule has 0 bridgehead atoms. The minimum absolute atomic E-state index is 0.285. The van der Waals surface area contributed by atoms with Crippen molar-refractivity contribution in [3.63, 3.8) is 0 Å². The second-order valence-electron chi connectivity index (χ2n) is 7.51. The van der Waals surface area contributed by atoms with E-state index in [0.29, 0.717) is 23.3 Å². The van der Waals surface area contributed by atoms with Gasteiger partial charge in [-0.2, -0.15) is 0 Å². The number of hydrogen-bond donors (Lipinski definition) is 0. The number of carbonyl (C=O) groups is 3. The van der Waals surface area contributed by atoms with Crippen molar-refractivity contribution in [2.24, 2.45) is 0 Å². The number of nitrogens with zero attached hydrogens (tertiary/aromatic N) is 1. The second kappa shape index (κ2) is 10.7. The summed E-state index contributed by atoms with van der Waals surface area (Å²) in [5.74, 6) is -1.17. The maximum absolute atomic E-state index is 12.3. The van der Waals surface area contributed by atoms with Gasteiger partial charge in [-0.3, -0.25) is 0 Å². The molecule has 0 aromatic heterocycles. The zero-order valence-corrected chi connectivity index (χ0v) is 20.5. The summed E-state index contributed by atoms with van der Waals surface area (Å²) >= 11 is 1.46. The molecule has 3 aromatic rings. The minimum atomic E-state index is -0.396. The number of carbonyl (C=O) groups excluding carboxylic acids is 3. The second-order valence-corrected chi connectivity index (χ2v) is 8.59. The molecule has 0 radical (unpaired) electrons. The third-order valence-electron chi connectivity index (χ3n) is 5.28. The molecule has 1 aliphatic rings. The van der Waals surface area contributed by atoms with Crippen molar-refractivity contribution in [2.45, 2.75) is 30.6 Å². The molecule has 1 aliphatic heterocycles. The molecule has 0 atom stereocenters. The van der Waals surface area contributed by atoms with E-state index in [9.17, 15) is 14.4 Å². The SMILES string of the molecule is CCOC(=O)c1ccc(N2c3ccc(C(=O)OCC)cc3Sc3cc(C(=O)OCC)ccc32)cc1. The van der Waals surface area contributed by atoms with E-state index in [4.69, 9.17) is 14.2 Å². The molecular weight excluding hydrogens is 466 g/mol. The molecule has 0 unspecified atom stereocenters. The smallest absolute Gasteiger partial charge is 0.338 e. The zero-order chi connectivity index (χ0) is 24.9. The fourth-order valence-corrected chi connectivity index (χ4v) is 4.87. The molecule has 7 nitrogen and oxygen atoms in total. The first kappa shape index (κ1) is 24.3. The van der Waals surface area contributed by atoms with Crippen LogP contribution in [0.3, 0.4) is 0 Å². The normalized spacial score (nSPS) is 11.8. The van der Waals surface area contributed by atoms with Crippen molar-refractivity contribution < 1.29 is 28.6 Å². The molecule has 0 saturated heterocycles. The molecule has 0 fully saturated rings. The minimum Gasteiger partial charge on any atom is -0.462 e. The molecule has 8 heteroatoms. The van der Waals surface area contributed by atoms with Gasteiger partial charge in [0.2, 0.25) is 0 Å². The first-order chi connectivity index (χ1) is 17.0. The van der Waals surface area contributed by atoms with Gasteiger partial charge in [0.15, 0.2) is 0 Å². The van der Waals surface area contributed by atoms with Crippen molar-refractivity contribution in [3.05, 3.63) is 77.4 Å². The van der Waals surface area contributed by atoms with Gasteiger partial charge in [0, 0.05) is 15.5 Å². The van der Waals surface area contributed by atoms with E-state index in [1.807, 2.05) is 29.2 Å². The molecule has 0 spiro atoms. The van der Waals surface area contributed by atoms with E-state index in [-0.39, 0.29) is 19.2 Å². The maximum Gasteiger partial charge on any atom is 0.338 e. The summed E-state index contributed by atoms with van der Waals surface area (Å²) in [4.78, 5) is 40.5. The van der Waals surface area contributed by atoms with E-state index in [0.717, 1.165) is 26.9 Å². The molecule has 1 heterocycles. The monoisotopic (exact) mass is 491 g/mol. The van der Waals surface area contributed by atoms with E-state index in [1.165, 1.54) is 11.8 Å². The Bertz CT molecular complexity index is 1200. The molecule has 3 aromatic carbocycles. The quantitative estimate of drug-likeness (QED) is 0.225. The lowest BCUT2D eigenvalue weighted by Gasteiger charge is -2.33. The van der Waals surface area contributed by atoms with Crippen LogP contribution in [0, 0.1) is 0 Å². The lowest BCUT2D eigenvalue weighted by molar-refractivity contribution is 0.0516. The summed E-state index contributed by atoms with van der Waals surface area (Å²) in [6, 6.07) is 17.9. The predicted molar refractivity (Wildman–Crippen MR) is 133 cm³/mol. The van der Waals surface area contributed by atoms with Crippen LogP contribution in [0.1, 0.15) is 51.8 Å². The molecule has 4 rings (SSSR count). The number of rotatable bonds is 7. The third-order valence-corrected chi connectivity index (χ3v) is 6.37. The largest absolute Gasteiger partial charge is 0.462 e. The van der Waals surface area contributed by atoms with Crippen LogP contribution < -0.4 is 4.90 Å². The van der Waals surface area contributed by atoms with E-state index in [1.54, 1.807) is 57.2 Å². The topological polar surface area (TPSA) is 82.1 Å². The van der Waals surface area contributed by atoms with Gasteiger partial charge in [-0.25, -0.2) is 14.4 Å². The summed E-state index contributed by atoms with van der Waals surface area (Å²) in [5, 5.41) is 0. The van der Waals surface area contributed by atoms with Gasteiger partial charge in [-0.05, 0) is 81.4 Å². The van der Waals surface area contributed by atoms with E-state index < -0.39 is 11.9 Å². The third kappa shape index (κ3) is 5.02. The van der Waals surface area contributed by atoms with Crippen molar-refractivity contribution in [2.75, 3.05) is 24.7 Å². The standard InChI is InChI=1S/C27H25NO6S/c1-4-32-25(29)17-7-11-20(12-8-17)28-21-13-9-18(26(30)33-5-2)15-23(21)35-24-16-19(10-14-22(24)28)27(31)34-6-3/h7-16H,4-6H2,1-3H3. The predicted octanol–water partition coefficient (Wildman–Crippen LogP) is 6.15. The van der Waals surface area contributed by atoms with Crippen LogP contribution in [0.4, 0.5) is 17.1 Å². The summed E-state index contributed by atoms with van der Waals surface area (Å²) in [7, 11) is 0. The van der Waals surface area contributed by atoms with Crippen molar-refractivity contribution in [3.8, 4) is 0 Å². The van der Waals surface area contributed by atoms with E-state index >= 15 is 0 Å². The highest BCUT2D eigenvalue weighted by Crippen LogP contribution is 2.51. The highest BCUT2D eigenvalue weighted by Gasteiger charge is 2.27. The lowest BCUT2D eigenvalue weighted by atomic mass is 10.1. The van der Waals surface area contributed by atoms with Gasteiger partial charge < -0.3 is 19.1 Å². The van der Waals surface area contributed by atoms with Crippen LogP contribution >= 0.6 is 11.8 Å². The Morgan fingerprint density at radius 1 is 0.629 bits per heavy atom. The number of fused-ring (bicyclic) bond motifs is 2. The molecule has 180 valence electrons. The van der Waals surface area contributed by atoms with Gasteiger partial charge >= 0.3 is 17.9 Å². The van der Waals surface area contributed by atoms with Gasteiger partial charge in [-0.15, -0.1) is 0 Å². The Labute approximate surface area is 208 Å². The Hall–Kier alpha value is -3.78. The average Bonchev–Trinajstić information content (AvgIpc) is 2.87. The number of anilines is 3. The van der Waals surface area contributed by atoms with Gasteiger partial charge in [-0.1, -0.05) is 11.8 Å². The first-order valence-corrected chi connectivity index (χ1v) is 12.2. The fraction of sp³-hybridized carbons (Fsp3) is 0.222. The Morgan fingerprint density at radius 3 is 1.46 bits per heavy atom. The van der Waals surface area contributed by atoms with Crippen LogP contribution in [-0.4, -0.2) is 37.7 Å². The summed E-state index contributed by atoms with van der Waals surface area (Å²) in [6.07, 6.45) is 0. The van der Waals surface area contributed by atoms with Crippen LogP contribution in [0.25, 0.3) is 0 Å². The van der Waals surface area contributed by atoms with Crippen molar-refractivity contribution in [1.82, 2.24) is 0 Å². The number of benzene rings is 3. The van der Waals surface area contributed by atoms with Crippen LogP contribution in [0.15, 0.2) is 70.5 Å². The van der Waals surface area contributed by atoms with Gasteiger partial charge in [0.1, 0.15) is 0 Å². The molecule has 35 heavy (non-hydrogen) atoms. The average molecular weight is 492 g/mol. The Kier molecular flexibility index (Phi) is 7.41. The number of esters is 3. The van der Waals surface area contributed by atoms with E-state index in [2.05, 4.69) is 0 Å². The maximum atomic E-state index is 12.3. The summed E-state index contributed by atoms with van der Waals surface area (Å²) in [6.45, 7) is 6.16. The summed E-state index contributed by atoms with van der Waals surface area (Å²) in [5.41, 5.74) is 3.89. The van der Waals surface area contributed by atoms with Gasteiger partial charge in [0.05, 0.1) is 47.9 Å². The number of ether oxygens (including phenoxy) is 3. The Balaban J connectivity index is 1.80. The summed E-state index contributed by atoms with van der Waals surface area (Å²) < 4.78 is 15.4. The molecular formula is C27H25NO6S. The fourth-order valence-electron chi connectivity index (χ4n) is 3.73. The Morgan fingerprint density at radius 2 is 1.03 bits per heavy atom. The van der Waals surface area contributed by atoms with Crippen LogP contribution in [-0.2, 0) is 14.2 Å². The van der Waals surface area contributed by atoms with Crippen molar-refractivity contribution in [1.29, 1.82) is 0 Å². The highest BCUT2D eigenvalue weighted by molar-refractivity contribution is 7.99. The van der Waals surface area contributed by atoms with Crippen LogP contribution in [0.5, 0.6) is 0 Å². The van der Waals surface area contributed by atoms with Crippen molar-refractivity contribution >= 4 is 46.7 Å². The molecule has 0 amide bonds. The zero-order valence-electron chi connectivity index (χ0n) is 19.7. The molecule has 0 saturated carbocycles. The van der Waals surface area contributed by atoms with Crippen LogP contribution in [0.2, 0.25) is 0 Å². The molecule has 0 aliphatic carbocycles. The lowest BCUT2D eigenvalue weighted by Crippen LogP contribution is -2.17. The highest BCUT2D eigenvalue weighted by atomic mass is 32.2. The van der Waals surface area contributed by atoms with Gasteiger partial charge in [0.25, 0.3) is 0 Å². The first-order valence-electron chi connectivity index (χ1n) is 11.3. The number of hydrogen-bond acceptors (Lipinski definition) is 8. The molecule has 0 N–H and O–H groups in total.